The van der Waals surface area contributed by atoms with Crippen LogP contribution in [0.15, 0.2) is 67.1 Å². The summed E-state index contributed by atoms with van der Waals surface area (Å²) in [6.45, 7) is 9.29. The van der Waals surface area contributed by atoms with Gasteiger partial charge in [-0.2, -0.15) is 8.78 Å². The summed E-state index contributed by atoms with van der Waals surface area (Å²) < 4.78 is 28.1. The second kappa shape index (κ2) is 8.91. The number of aromatic nitrogens is 2. The molecule has 0 aliphatic carbocycles. The zero-order valence-electron chi connectivity index (χ0n) is 19.4. The van der Waals surface area contributed by atoms with Crippen LogP contribution < -0.4 is 0 Å². The molecule has 176 valence electrons. The van der Waals surface area contributed by atoms with E-state index in [2.05, 4.69) is 37.3 Å². The Bertz CT molecular complexity index is 1270. The Labute approximate surface area is 203 Å². The maximum Gasteiger partial charge on any atom is 0.286 e. The maximum atomic E-state index is 14.0. The molecule has 2 aromatic heterocycles. The smallest absolute Gasteiger partial charge is 0.286 e. The molecular formula is C27H26ClF2N3O. The highest BCUT2D eigenvalue weighted by atomic mass is 35.5. The first-order valence-electron chi connectivity index (χ1n) is 11.0. The van der Waals surface area contributed by atoms with Crippen molar-refractivity contribution < 1.29 is 13.6 Å². The van der Waals surface area contributed by atoms with Gasteiger partial charge >= 0.3 is 0 Å². The Kier molecular flexibility index (Phi) is 6.30. The second-order valence-corrected chi connectivity index (χ2v) is 10.0. The van der Waals surface area contributed by atoms with Gasteiger partial charge in [-0.3, -0.25) is 14.8 Å². The van der Waals surface area contributed by atoms with Crippen molar-refractivity contribution in [1.82, 2.24) is 14.9 Å². The Morgan fingerprint density at radius 3 is 2.50 bits per heavy atom. The predicted molar refractivity (Wildman–Crippen MR) is 131 cm³/mol. The van der Waals surface area contributed by atoms with E-state index in [1.165, 1.54) is 6.07 Å². The third-order valence-corrected chi connectivity index (χ3v) is 6.32. The van der Waals surface area contributed by atoms with Crippen molar-refractivity contribution in [2.75, 3.05) is 13.1 Å². The molecule has 0 bridgehead atoms. The summed E-state index contributed by atoms with van der Waals surface area (Å²) in [5.74, 6) is -3.55. The SMILES string of the molecule is C=C1CCN(C(=O)c2ccc(-c3cncc(-c4ccnc(C(C)(C)C)c4)c3)c(Cl)c2)CC1(F)F. The third kappa shape index (κ3) is 4.87. The quantitative estimate of drug-likeness (QED) is 0.386. The lowest BCUT2D eigenvalue weighted by atomic mass is 9.90. The van der Waals surface area contributed by atoms with E-state index in [1.807, 2.05) is 18.2 Å². The molecule has 0 radical (unpaired) electrons. The molecule has 0 spiro atoms. The first-order valence-corrected chi connectivity index (χ1v) is 11.4. The number of pyridine rings is 2. The van der Waals surface area contributed by atoms with Crippen LogP contribution in [0.25, 0.3) is 22.3 Å². The molecule has 1 saturated heterocycles. The van der Waals surface area contributed by atoms with E-state index >= 15 is 0 Å². The summed E-state index contributed by atoms with van der Waals surface area (Å²) >= 11 is 6.54. The van der Waals surface area contributed by atoms with Crippen LogP contribution in [0.1, 0.15) is 43.2 Å². The number of rotatable bonds is 3. The van der Waals surface area contributed by atoms with Gasteiger partial charge in [0.2, 0.25) is 0 Å². The number of piperidine rings is 1. The lowest BCUT2D eigenvalue weighted by molar-refractivity contribution is -0.0137. The molecule has 0 N–H and O–H groups in total. The number of carbonyl (C=O) groups is 1. The van der Waals surface area contributed by atoms with Gasteiger partial charge in [0.25, 0.3) is 11.8 Å². The summed E-state index contributed by atoms with van der Waals surface area (Å²) in [7, 11) is 0. The molecule has 1 amide bonds. The highest BCUT2D eigenvalue weighted by Crippen LogP contribution is 2.34. The summed E-state index contributed by atoms with van der Waals surface area (Å²) in [5.41, 5.74) is 4.42. The molecule has 1 aliphatic heterocycles. The molecule has 34 heavy (non-hydrogen) atoms. The fourth-order valence-electron chi connectivity index (χ4n) is 3.89. The second-order valence-electron chi connectivity index (χ2n) is 9.62. The normalized spacial score (nSPS) is 15.9. The van der Waals surface area contributed by atoms with Crippen LogP contribution in [0.3, 0.4) is 0 Å². The van der Waals surface area contributed by atoms with Crippen LogP contribution in [0.5, 0.6) is 0 Å². The van der Waals surface area contributed by atoms with Crippen molar-refractivity contribution in [2.45, 2.75) is 38.5 Å². The van der Waals surface area contributed by atoms with Crippen molar-refractivity contribution >= 4 is 17.5 Å². The van der Waals surface area contributed by atoms with Gasteiger partial charge in [-0.05, 0) is 47.9 Å². The van der Waals surface area contributed by atoms with Gasteiger partial charge in [0, 0.05) is 63.5 Å². The van der Waals surface area contributed by atoms with Crippen molar-refractivity contribution in [3.63, 3.8) is 0 Å². The monoisotopic (exact) mass is 481 g/mol. The van der Waals surface area contributed by atoms with Crippen LogP contribution in [0.4, 0.5) is 8.78 Å². The minimum absolute atomic E-state index is 0.0783. The summed E-state index contributed by atoms with van der Waals surface area (Å²) in [6.07, 6.45) is 5.35. The minimum Gasteiger partial charge on any atom is -0.332 e. The number of halogens is 3. The van der Waals surface area contributed by atoms with Gasteiger partial charge in [0.1, 0.15) is 0 Å². The van der Waals surface area contributed by atoms with Gasteiger partial charge in [-0.15, -0.1) is 0 Å². The molecule has 0 saturated carbocycles. The number of amides is 1. The molecule has 0 unspecified atom stereocenters. The Hall–Kier alpha value is -3.12. The largest absolute Gasteiger partial charge is 0.332 e. The zero-order valence-corrected chi connectivity index (χ0v) is 20.2. The summed E-state index contributed by atoms with van der Waals surface area (Å²) in [6, 6.07) is 10.8. The van der Waals surface area contributed by atoms with E-state index in [0.29, 0.717) is 10.6 Å². The van der Waals surface area contributed by atoms with E-state index in [4.69, 9.17) is 11.6 Å². The van der Waals surface area contributed by atoms with Gasteiger partial charge in [-0.1, -0.05) is 45.0 Å². The molecule has 1 aliphatic rings. The van der Waals surface area contributed by atoms with Gasteiger partial charge in [0.05, 0.1) is 6.54 Å². The number of nitrogens with zero attached hydrogens (tertiary/aromatic N) is 3. The van der Waals surface area contributed by atoms with Crippen LogP contribution in [-0.4, -0.2) is 39.8 Å². The molecule has 3 aromatic rings. The third-order valence-electron chi connectivity index (χ3n) is 6.00. The molecular weight excluding hydrogens is 456 g/mol. The fourth-order valence-corrected chi connectivity index (χ4v) is 4.18. The number of hydrogen-bond acceptors (Lipinski definition) is 3. The first kappa shape index (κ1) is 24.0. The van der Waals surface area contributed by atoms with E-state index in [1.54, 1.807) is 30.7 Å². The molecule has 0 atom stereocenters. The highest BCUT2D eigenvalue weighted by Gasteiger charge is 2.40. The fraction of sp³-hybridized carbons (Fsp3) is 0.296. The number of hydrogen-bond donors (Lipinski definition) is 0. The average molecular weight is 482 g/mol. The van der Waals surface area contributed by atoms with Crippen molar-refractivity contribution in [3.05, 3.63) is 83.4 Å². The number of carbonyl (C=O) groups excluding carboxylic acids is 1. The van der Waals surface area contributed by atoms with Gasteiger partial charge in [-0.25, -0.2) is 0 Å². The van der Waals surface area contributed by atoms with Crippen LogP contribution in [0.2, 0.25) is 5.02 Å². The van der Waals surface area contributed by atoms with Crippen molar-refractivity contribution in [3.8, 4) is 22.3 Å². The number of likely N-dealkylation sites (tertiary alicyclic amines) is 1. The molecule has 1 fully saturated rings. The lowest BCUT2D eigenvalue weighted by Crippen LogP contribution is -2.46. The number of alkyl halides is 2. The van der Waals surface area contributed by atoms with Gasteiger partial charge < -0.3 is 4.90 Å². The van der Waals surface area contributed by atoms with E-state index in [-0.39, 0.29) is 29.5 Å². The Morgan fingerprint density at radius 2 is 1.82 bits per heavy atom. The van der Waals surface area contributed by atoms with Crippen LogP contribution in [-0.2, 0) is 5.41 Å². The topological polar surface area (TPSA) is 46.1 Å². The molecule has 4 rings (SSSR count). The molecule has 7 heteroatoms. The molecule has 3 heterocycles. The van der Waals surface area contributed by atoms with E-state index < -0.39 is 18.4 Å². The Morgan fingerprint density at radius 1 is 1.09 bits per heavy atom. The average Bonchev–Trinajstić information content (AvgIpc) is 2.80. The summed E-state index contributed by atoms with van der Waals surface area (Å²) in [4.78, 5) is 22.8. The molecule has 1 aromatic carbocycles. The highest BCUT2D eigenvalue weighted by molar-refractivity contribution is 6.33. The van der Waals surface area contributed by atoms with E-state index in [9.17, 15) is 13.6 Å². The lowest BCUT2D eigenvalue weighted by Gasteiger charge is -2.34. The maximum absolute atomic E-state index is 14.0. The molecule has 4 nitrogen and oxygen atoms in total. The van der Waals surface area contributed by atoms with Crippen LogP contribution >= 0.6 is 11.6 Å². The Balaban J connectivity index is 1.61. The van der Waals surface area contributed by atoms with Crippen molar-refractivity contribution in [1.29, 1.82) is 0 Å². The first-order chi connectivity index (χ1) is 16.0. The van der Waals surface area contributed by atoms with Crippen molar-refractivity contribution in [2.24, 2.45) is 0 Å². The summed E-state index contributed by atoms with van der Waals surface area (Å²) in [5, 5.41) is 0.350. The standard InChI is InChI=1S/C27H26ClF2N3O/c1-17-8-10-33(16-27(17,29)30)25(34)19-5-6-22(23(28)12-19)21-11-20(14-31-15-21)18-7-9-32-24(13-18)26(2,3)4/h5-7,9,11-15H,1,8,10,16H2,2-4H3. The zero-order chi connectivity index (χ0) is 24.7. The number of benzene rings is 1. The van der Waals surface area contributed by atoms with E-state index in [0.717, 1.165) is 27.3 Å². The minimum atomic E-state index is -3.08. The predicted octanol–water partition coefficient (Wildman–Crippen LogP) is 6.80. The van der Waals surface area contributed by atoms with Gasteiger partial charge in [0.15, 0.2) is 0 Å². The van der Waals surface area contributed by atoms with Crippen LogP contribution in [0, 0.1) is 0 Å².